The molecule has 0 saturated heterocycles. The number of carbonyl (C=O) groups excluding carboxylic acids is 2. The summed E-state index contributed by atoms with van der Waals surface area (Å²) in [5.41, 5.74) is 12.1. The topological polar surface area (TPSA) is 153 Å². The second kappa shape index (κ2) is 9.09. The number of nitrogen functional groups attached to an aromatic ring is 1. The molecule has 0 aliphatic heterocycles. The number of nitrogens with zero attached hydrogens (tertiary/aromatic N) is 3. The van der Waals surface area contributed by atoms with Crippen molar-refractivity contribution >= 4 is 56.6 Å². The van der Waals surface area contributed by atoms with E-state index in [0.29, 0.717) is 16.9 Å². The number of thioether (sulfide) groups is 1. The number of amides is 2. The highest BCUT2D eigenvalue weighted by Crippen LogP contribution is 2.39. The van der Waals surface area contributed by atoms with Gasteiger partial charge in [-0.3, -0.25) is 30.6 Å². The van der Waals surface area contributed by atoms with E-state index in [1.807, 2.05) is 0 Å². The van der Waals surface area contributed by atoms with Crippen molar-refractivity contribution in [2.24, 2.45) is 5.92 Å². The Hall–Kier alpha value is -3.25. The number of nitro benzene ring substituents is 1. The lowest BCUT2D eigenvalue weighted by atomic mass is 9.89. The van der Waals surface area contributed by atoms with Gasteiger partial charge in [0.2, 0.25) is 5.91 Å². The predicted octanol–water partition coefficient (Wildman–Crippen LogP) is 2.86. The lowest BCUT2D eigenvalue weighted by Crippen LogP contribution is -2.42. The number of hydrogen-bond acceptors (Lipinski definition) is 9. The van der Waals surface area contributed by atoms with E-state index in [2.05, 4.69) is 27.7 Å². The first-order chi connectivity index (χ1) is 15.3. The maximum atomic E-state index is 12.1. The van der Waals surface area contributed by atoms with E-state index >= 15 is 0 Å². The fourth-order valence-corrected chi connectivity index (χ4v) is 5.61. The Morgan fingerprint density at radius 2 is 2.03 bits per heavy atom. The van der Waals surface area contributed by atoms with Gasteiger partial charge in [0.15, 0.2) is 5.16 Å². The molecule has 166 valence electrons. The SMILES string of the molecule is C[C@H]1CCc2c(sc3nc(SCC(=O)NNC(=O)c4ccc([N+](=O)[O-])cc4)nc(N)c23)C1. The molecule has 0 spiro atoms. The standard InChI is InChI=1S/C20H20N6O4S2/c1-10-2-7-13-14(8-10)32-19-16(13)17(21)22-20(23-19)31-9-15(27)24-25-18(28)11-3-5-12(6-4-11)26(29)30/h3-6,10H,2,7-9H2,1H3,(H,24,27)(H,25,28)(H2,21,22,23)/t10-/m0/s1. The second-order valence-corrected chi connectivity index (χ2v) is 9.54. The molecule has 2 aromatic heterocycles. The number of hydrazine groups is 1. The Morgan fingerprint density at radius 3 is 2.75 bits per heavy atom. The highest BCUT2D eigenvalue weighted by atomic mass is 32.2. The Bertz CT molecular complexity index is 1210. The van der Waals surface area contributed by atoms with Crippen molar-refractivity contribution in [3.8, 4) is 0 Å². The number of nitrogens with one attached hydrogen (secondary N) is 2. The molecule has 2 amide bonds. The van der Waals surface area contributed by atoms with Crippen LogP contribution in [0, 0.1) is 16.0 Å². The van der Waals surface area contributed by atoms with Crippen molar-refractivity contribution in [1.29, 1.82) is 0 Å². The van der Waals surface area contributed by atoms with Crippen LogP contribution in [0.4, 0.5) is 11.5 Å². The van der Waals surface area contributed by atoms with E-state index in [9.17, 15) is 19.7 Å². The summed E-state index contributed by atoms with van der Waals surface area (Å²) in [5, 5.41) is 12.0. The number of anilines is 1. The zero-order chi connectivity index (χ0) is 22.8. The zero-order valence-electron chi connectivity index (χ0n) is 17.1. The Balaban J connectivity index is 1.34. The molecule has 2 heterocycles. The van der Waals surface area contributed by atoms with Gasteiger partial charge in [0, 0.05) is 22.6 Å². The molecule has 1 aliphatic carbocycles. The summed E-state index contributed by atoms with van der Waals surface area (Å²) in [4.78, 5) is 45.4. The average Bonchev–Trinajstić information content (AvgIpc) is 3.13. The van der Waals surface area contributed by atoms with Crippen LogP contribution in [-0.4, -0.2) is 32.5 Å². The van der Waals surface area contributed by atoms with Gasteiger partial charge in [0.05, 0.1) is 16.1 Å². The third-order valence-electron chi connectivity index (χ3n) is 5.15. The summed E-state index contributed by atoms with van der Waals surface area (Å²) in [6, 6.07) is 5.05. The number of aromatic nitrogens is 2. The molecule has 1 aromatic carbocycles. The summed E-state index contributed by atoms with van der Waals surface area (Å²) >= 11 is 2.76. The largest absolute Gasteiger partial charge is 0.383 e. The van der Waals surface area contributed by atoms with Crippen molar-refractivity contribution in [3.05, 3.63) is 50.4 Å². The van der Waals surface area contributed by atoms with Crippen LogP contribution in [0.3, 0.4) is 0 Å². The number of fused-ring (bicyclic) bond motifs is 3. The molecule has 0 unspecified atom stereocenters. The van der Waals surface area contributed by atoms with Crippen LogP contribution in [0.1, 0.15) is 34.1 Å². The predicted molar refractivity (Wildman–Crippen MR) is 122 cm³/mol. The first kappa shape index (κ1) is 22.0. The molecule has 0 fully saturated rings. The van der Waals surface area contributed by atoms with Crippen molar-refractivity contribution in [2.75, 3.05) is 11.5 Å². The summed E-state index contributed by atoms with van der Waals surface area (Å²) in [6.07, 6.45) is 3.13. The van der Waals surface area contributed by atoms with Gasteiger partial charge in [-0.1, -0.05) is 18.7 Å². The number of carbonyl (C=O) groups is 2. The molecule has 10 nitrogen and oxygen atoms in total. The Kier molecular flexibility index (Phi) is 6.24. The average molecular weight is 473 g/mol. The number of non-ortho nitro benzene ring substituents is 1. The fraction of sp³-hybridized carbons (Fsp3) is 0.300. The third-order valence-corrected chi connectivity index (χ3v) is 7.15. The van der Waals surface area contributed by atoms with Crippen LogP contribution in [0.15, 0.2) is 29.4 Å². The number of thiophene rings is 1. The second-order valence-electron chi connectivity index (χ2n) is 7.52. The van der Waals surface area contributed by atoms with Crippen molar-refractivity contribution in [3.63, 3.8) is 0 Å². The molecule has 1 atom stereocenters. The van der Waals surface area contributed by atoms with Crippen LogP contribution in [0.2, 0.25) is 0 Å². The minimum Gasteiger partial charge on any atom is -0.383 e. The van der Waals surface area contributed by atoms with E-state index in [1.54, 1.807) is 11.3 Å². The van der Waals surface area contributed by atoms with E-state index in [-0.39, 0.29) is 17.0 Å². The maximum absolute atomic E-state index is 12.1. The number of hydrogen-bond donors (Lipinski definition) is 3. The van der Waals surface area contributed by atoms with Crippen LogP contribution in [0.25, 0.3) is 10.2 Å². The number of aryl methyl sites for hydroxylation is 1. The van der Waals surface area contributed by atoms with E-state index in [4.69, 9.17) is 5.73 Å². The summed E-state index contributed by atoms with van der Waals surface area (Å²) in [6.45, 7) is 2.24. The zero-order valence-corrected chi connectivity index (χ0v) is 18.7. The summed E-state index contributed by atoms with van der Waals surface area (Å²) in [5.74, 6) is 0.0125. The van der Waals surface area contributed by atoms with Gasteiger partial charge >= 0.3 is 0 Å². The Morgan fingerprint density at radius 1 is 1.28 bits per heavy atom. The van der Waals surface area contributed by atoms with E-state index < -0.39 is 16.7 Å². The van der Waals surface area contributed by atoms with Gasteiger partial charge in [-0.25, -0.2) is 9.97 Å². The third kappa shape index (κ3) is 4.65. The quantitative estimate of drug-likeness (QED) is 0.222. The normalized spacial score (nSPS) is 15.2. The molecular formula is C20H20N6O4S2. The van der Waals surface area contributed by atoms with Crippen LogP contribution in [0.5, 0.6) is 0 Å². The number of nitro groups is 1. The van der Waals surface area contributed by atoms with Gasteiger partial charge in [-0.2, -0.15) is 0 Å². The molecule has 0 bridgehead atoms. The smallest absolute Gasteiger partial charge is 0.269 e. The van der Waals surface area contributed by atoms with Crippen molar-refractivity contribution in [2.45, 2.75) is 31.3 Å². The molecule has 32 heavy (non-hydrogen) atoms. The molecule has 4 rings (SSSR count). The first-order valence-electron chi connectivity index (χ1n) is 9.86. The monoisotopic (exact) mass is 472 g/mol. The lowest BCUT2D eigenvalue weighted by Gasteiger charge is -2.17. The maximum Gasteiger partial charge on any atom is 0.269 e. The molecule has 3 aromatic rings. The van der Waals surface area contributed by atoms with Gasteiger partial charge in [0.1, 0.15) is 10.6 Å². The summed E-state index contributed by atoms with van der Waals surface area (Å²) < 4.78 is 0. The molecule has 0 saturated carbocycles. The number of rotatable bonds is 5. The van der Waals surface area contributed by atoms with Gasteiger partial charge in [0.25, 0.3) is 11.6 Å². The molecule has 4 N–H and O–H groups in total. The van der Waals surface area contributed by atoms with Crippen LogP contribution < -0.4 is 16.6 Å². The van der Waals surface area contributed by atoms with Crippen molar-refractivity contribution in [1.82, 2.24) is 20.8 Å². The summed E-state index contributed by atoms with van der Waals surface area (Å²) in [7, 11) is 0. The number of nitrogens with two attached hydrogens (primary N) is 1. The fourth-order valence-electron chi connectivity index (χ4n) is 3.51. The van der Waals surface area contributed by atoms with E-state index in [1.165, 1.54) is 34.7 Å². The van der Waals surface area contributed by atoms with E-state index in [0.717, 1.165) is 41.2 Å². The van der Waals surface area contributed by atoms with Crippen molar-refractivity contribution < 1.29 is 14.5 Å². The molecule has 0 radical (unpaired) electrons. The van der Waals surface area contributed by atoms with Gasteiger partial charge in [-0.15, -0.1) is 11.3 Å². The molecular weight excluding hydrogens is 452 g/mol. The van der Waals surface area contributed by atoms with Crippen LogP contribution >= 0.6 is 23.1 Å². The minimum atomic E-state index is -0.585. The first-order valence-corrected chi connectivity index (χ1v) is 11.7. The number of benzene rings is 1. The Labute approximate surface area is 191 Å². The van der Waals surface area contributed by atoms with Crippen LogP contribution in [-0.2, 0) is 17.6 Å². The van der Waals surface area contributed by atoms with Gasteiger partial charge < -0.3 is 5.73 Å². The lowest BCUT2D eigenvalue weighted by molar-refractivity contribution is -0.384. The minimum absolute atomic E-state index is 0.0202. The van der Waals surface area contributed by atoms with Gasteiger partial charge in [-0.05, 0) is 42.9 Å². The highest BCUT2D eigenvalue weighted by Gasteiger charge is 2.23. The molecule has 1 aliphatic rings. The molecule has 12 heteroatoms. The highest BCUT2D eigenvalue weighted by molar-refractivity contribution is 7.99.